The highest BCUT2D eigenvalue weighted by Gasteiger charge is 2.21. The minimum Gasteiger partial charge on any atom is -0.478 e. The van der Waals surface area contributed by atoms with E-state index in [4.69, 9.17) is 9.84 Å². The Labute approximate surface area is 148 Å². The highest BCUT2D eigenvalue weighted by molar-refractivity contribution is 5.93. The van der Waals surface area contributed by atoms with Crippen LogP contribution in [0.25, 0.3) is 5.65 Å². The van der Waals surface area contributed by atoms with E-state index < -0.39 is 11.9 Å². The van der Waals surface area contributed by atoms with Crippen LogP contribution in [0.5, 0.6) is 0 Å². The second-order valence-electron chi connectivity index (χ2n) is 5.44. The molecule has 0 spiro atoms. The van der Waals surface area contributed by atoms with Crippen LogP contribution in [-0.2, 0) is 4.74 Å². The number of esters is 1. The van der Waals surface area contributed by atoms with Crippen LogP contribution in [0.3, 0.4) is 0 Å². The first-order valence-corrected chi connectivity index (χ1v) is 7.91. The third-order valence-electron chi connectivity index (χ3n) is 3.66. The third kappa shape index (κ3) is 3.30. The lowest BCUT2D eigenvalue weighted by Gasteiger charge is -2.00. The summed E-state index contributed by atoms with van der Waals surface area (Å²) < 4.78 is 6.71. The summed E-state index contributed by atoms with van der Waals surface area (Å²) in [5, 5.41) is 17.2. The van der Waals surface area contributed by atoms with Crippen LogP contribution in [0.1, 0.15) is 33.3 Å². The van der Waals surface area contributed by atoms with E-state index in [9.17, 15) is 9.59 Å². The molecule has 0 amide bonds. The average molecular weight is 352 g/mol. The van der Waals surface area contributed by atoms with Crippen molar-refractivity contribution in [2.24, 2.45) is 10.2 Å². The number of carboxylic acid groups (broad SMARTS) is 1. The predicted octanol–water partition coefficient (Wildman–Crippen LogP) is 3.93. The molecule has 0 aliphatic rings. The zero-order valence-corrected chi connectivity index (χ0v) is 14.2. The monoisotopic (exact) mass is 352 g/mol. The molecule has 26 heavy (non-hydrogen) atoms. The SMILES string of the molecule is CCOC(=O)c1nc2c(C)cccn2c1N=Nc1ccc(C(=O)O)cc1. The van der Waals surface area contributed by atoms with Gasteiger partial charge < -0.3 is 9.84 Å². The van der Waals surface area contributed by atoms with Gasteiger partial charge in [-0.05, 0) is 49.7 Å². The molecule has 8 nitrogen and oxygen atoms in total. The van der Waals surface area contributed by atoms with Gasteiger partial charge in [0.25, 0.3) is 0 Å². The number of hydrogen-bond acceptors (Lipinski definition) is 6. The van der Waals surface area contributed by atoms with Gasteiger partial charge in [-0.3, -0.25) is 4.40 Å². The number of azo groups is 1. The second-order valence-corrected chi connectivity index (χ2v) is 5.44. The highest BCUT2D eigenvalue weighted by atomic mass is 16.5. The van der Waals surface area contributed by atoms with Gasteiger partial charge in [-0.1, -0.05) is 6.07 Å². The Hall–Kier alpha value is -3.55. The van der Waals surface area contributed by atoms with Crippen molar-refractivity contribution in [2.45, 2.75) is 13.8 Å². The number of imidazole rings is 1. The van der Waals surface area contributed by atoms with Crippen LogP contribution in [0.15, 0.2) is 52.8 Å². The molecule has 0 saturated carbocycles. The Morgan fingerprint density at radius 2 is 1.92 bits per heavy atom. The Morgan fingerprint density at radius 1 is 1.19 bits per heavy atom. The van der Waals surface area contributed by atoms with Crippen molar-refractivity contribution in [3.05, 3.63) is 59.4 Å². The lowest BCUT2D eigenvalue weighted by Crippen LogP contribution is -2.05. The van der Waals surface area contributed by atoms with E-state index in [-0.39, 0.29) is 23.7 Å². The number of nitrogens with zero attached hydrogens (tertiary/aromatic N) is 4. The van der Waals surface area contributed by atoms with Gasteiger partial charge in [-0.15, -0.1) is 10.2 Å². The molecule has 0 unspecified atom stereocenters. The second kappa shape index (κ2) is 7.14. The summed E-state index contributed by atoms with van der Waals surface area (Å²) in [5.41, 5.74) is 2.15. The van der Waals surface area contributed by atoms with Crippen LogP contribution in [-0.4, -0.2) is 33.0 Å². The molecule has 0 saturated heterocycles. The Balaban J connectivity index is 2.04. The molecule has 1 N–H and O–H groups in total. The van der Waals surface area contributed by atoms with Crippen molar-refractivity contribution in [1.82, 2.24) is 9.38 Å². The normalized spacial score (nSPS) is 11.2. The summed E-state index contributed by atoms with van der Waals surface area (Å²) in [5.74, 6) is -1.34. The average Bonchev–Trinajstić information content (AvgIpc) is 3.00. The van der Waals surface area contributed by atoms with E-state index in [0.29, 0.717) is 11.3 Å². The fraction of sp³-hybridized carbons (Fsp3) is 0.167. The summed E-state index contributed by atoms with van der Waals surface area (Å²) in [6.45, 7) is 3.81. The zero-order valence-electron chi connectivity index (χ0n) is 14.2. The maximum absolute atomic E-state index is 12.2. The standard InChI is InChI=1S/C18H16N4O4/c1-3-26-18(25)14-16(22-10-4-5-11(2)15(22)19-14)21-20-13-8-6-12(7-9-13)17(23)24/h4-10H,3H2,1-2H3,(H,23,24). The molecule has 2 aromatic heterocycles. The van der Waals surface area contributed by atoms with Gasteiger partial charge in [0.05, 0.1) is 17.9 Å². The molecule has 3 rings (SSSR count). The van der Waals surface area contributed by atoms with Gasteiger partial charge in [-0.2, -0.15) is 0 Å². The minimum atomic E-state index is -1.02. The summed E-state index contributed by atoms with van der Waals surface area (Å²) in [4.78, 5) is 27.4. The van der Waals surface area contributed by atoms with Crippen molar-refractivity contribution < 1.29 is 19.4 Å². The molecule has 132 valence electrons. The summed E-state index contributed by atoms with van der Waals surface area (Å²) in [7, 11) is 0. The maximum atomic E-state index is 12.2. The van der Waals surface area contributed by atoms with Crippen LogP contribution in [0.4, 0.5) is 11.5 Å². The van der Waals surface area contributed by atoms with Crippen molar-refractivity contribution in [3.63, 3.8) is 0 Å². The summed E-state index contributed by atoms with van der Waals surface area (Å²) in [6, 6.07) is 9.63. The molecule has 1 aromatic carbocycles. The topological polar surface area (TPSA) is 106 Å². The number of hydrogen-bond donors (Lipinski definition) is 1. The summed E-state index contributed by atoms with van der Waals surface area (Å²) in [6.07, 6.45) is 1.74. The van der Waals surface area contributed by atoms with Gasteiger partial charge in [0.15, 0.2) is 11.5 Å². The van der Waals surface area contributed by atoms with E-state index in [1.165, 1.54) is 24.3 Å². The van der Waals surface area contributed by atoms with Crippen molar-refractivity contribution in [1.29, 1.82) is 0 Å². The molecule has 8 heteroatoms. The molecular weight excluding hydrogens is 336 g/mol. The van der Waals surface area contributed by atoms with Crippen molar-refractivity contribution in [2.75, 3.05) is 6.61 Å². The van der Waals surface area contributed by atoms with Crippen molar-refractivity contribution in [3.8, 4) is 0 Å². The van der Waals surface area contributed by atoms with Gasteiger partial charge in [0.1, 0.15) is 5.65 Å². The Morgan fingerprint density at radius 3 is 2.58 bits per heavy atom. The lowest BCUT2D eigenvalue weighted by atomic mass is 10.2. The number of aromatic carboxylic acids is 1. The van der Waals surface area contributed by atoms with E-state index in [1.54, 1.807) is 17.5 Å². The fourth-order valence-corrected chi connectivity index (χ4v) is 2.40. The maximum Gasteiger partial charge on any atom is 0.360 e. The first kappa shape index (κ1) is 17.3. The van der Waals surface area contributed by atoms with Gasteiger partial charge >= 0.3 is 11.9 Å². The third-order valence-corrected chi connectivity index (χ3v) is 3.66. The van der Waals surface area contributed by atoms with Gasteiger partial charge in [-0.25, -0.2) is 14.6 Å². The van der Waals surface area contributed by atoms with Crippen LogP contribution in [0.2, 0.25) is 0 Å². The molecule has 0 atom stereocenters. The van der Waals surface area contributed by atoms with Crippen LogP contribution < -0.4 is 0 Å². The first-order chi connectivity index (χ1) is 12.5. The molecular formula is C18H16N4O4. The number of rotatable bonds is 5. The Bertz CT molecular complexity index is 1010. The highest BCUT2D eigenvalue weighted by Crippen LogP contribution is 2.26. The number of fused-ring (bicyclic) bond motifs is 1. The van der Waals surface area contributed by atoms with Gasteiger partial charge in [0.2, 0.25) is 0 Å². The predicted molar refractivity (Wildman–Crippen MR) is 93.5 cm³/mol. The smallest absolute Gasteiger partial charge is 0.360 e. The Kier molecular flexibility index (Phi) is 4.74. The molecule has 0 bridgehead atoms. The number of ether oxygens (including phenoxy) is 1. The summed E-state index contributed by atoms with van der Waals surface area (Å²) >= 11 is 0. The van der Waals surface area contributed by atoms with Gasteiger partial charge in [0, 0.05) is 6.20 Å². The number of benzene rings is 1. The van der Waals surface area contributed by atoms with E-state index in [0.717, 1.165) is 5.56 Å². The number of pyridine rings is 1. The zero-order chi connectivity index (χ0) is 18.7. The quantitative estimate of drug-likeness (QED) is 0.553. The van der Waals surface area contributed by atoms with E-state index >= 15 is 0 Å². The van der Waals surface area contributed by atoms with E-state index in [1.807, 2.05) is 19.1 Å². The number of carbonyl (C=O) groups excluding carboxylic acids is 1. The molecule has 0 aliphatic heterocycles. The molecule has 0 fully saturated rings. The fourth-order valence-electron chi connectivity index (χ4n) is 2.40. The first-order valence-electron chi connectivity index (χ1n) is 7.91. The number of carboxylic acids is 1. The number of aromatic nitrogens is 2. The van der Waals surface area contributed by atoms with Crippen LogP contribution in [0, 0.1) is 6.92 Å². The van der Waals surface area contributed by atoms with E-state index in [2.05, 4.69) is 15.2 Å². The number of aryl methyl sites for hydroxylation is 1. The molecule has 3 aromatic rings. The number of carbonyl (C=O) groups is 2. The molecule has 0 radical (unpaired) electrons. The molecule has 2 heterocycles. The largest absolute Gasteiger partial charge is 0.478 e. The van der Waals surface area contributed by atoms with Crippen molar-refractivity contribution >= 4 is 29.1 Å². The molecule has 0 aliphatic carbocycles. The lowest BCUT2D eigenvalue weighted by molar-refractivity contribution is 0.0520. The van der Waals surface area contributed by atoms with Crippen LogP contribution >= 0.6 is 0 Å². The minimum absolute atomic E-state index is 0.0760.